The van der Waals surface area contributed by atoms with E-state index in [0.29, 0.717) is 5.69 Å². The predicted molar refractivity (Wildman–Crippen MR) is 92.8 cm³/mol. The molecular formula is C20H23NO2. The lowest BCUT2D eigenvalue weighted by Gasteiger charge is -2.09. The van der Waals surface area contributed by atoms with Crippen LogP contribution in [0.5, 0.6) is 0 Å². The van der Waals surface area contributed by atoms with Crippen molar-refractivity contribution in [3.8, 4) is 0 Å². The average Bonchev–Trinajstić information content (AvgIpc) is 2.56. The molecule has 23 heavy (non-hydrogen) atoms. The Hall–Kier alpha value is -2.16. The molecule has 0 radical (unpaired) electrons. The van der Waals surface area contributed by atoms with Crippen molar-refractivity contribution in [1.29, 1.82) is 0 Å². The van der Waals surface area contributed by atoms with E-state index < -0.39 is 0 Å². The first-order chi connectivity index (χ1) is 11.2. The van der Waals surface area contributed by atoms with Crippen LogP contribution in [0.2, 0.25) is 0 Å². The van der Waals surface area contributed by atoms with Crippen molar-refractivity contribution in [2.24, 2.45) is 0 Å². The smallest absolute Gasteiger partial charge is 0.258 e. The number of nitro benzene ring substituents is 1. The van der Waals surface area contributed by atoms with Gasteiger partial charge in [0.05, 0.1) is 4.92 Å². The van der Waals surface area contributed by atoms with Crippen LogP contribution in [0, 0.1) is 10.1 Å². The Morgan fingerprint density at radius 2 is 1.17 bits per heavy atom. The molecular weight excluding hydrogens is 286 g/mol. The van der Waals surface area contributed by atoms with Crippen LogP contribution in [0.15, 0.2) is 42.5 Å². The Balaban J connectivity index is 1.80. The first-order valence-corrected chi connectivity index (χ1v) is 8.56. The first kappa shape index (κ1) is 15.7. The minimum Gasteiger partial charge on any atom is -0.258 e. The molecule has 0 atom stereocenters. The summed E-state index contributed by atoms with van der Waals surface area (Å²) in [5.41, 5.74) is 5.02. The lowest BCUT2D eigenvalue weighted by molar-refractivity contribution is -0.385. The van der Waals surface area contributed by atoms with Gasteiger partial charge < -0.3 is 0 Å². The fraction of sp³-hybridized carbons (Fsp3) is 0.400. The summed E-state index contributed by atoms with van der Waals surface area (Å²) in [6.45, 7) is 0. The fourth-order valence-corrected chi connectivity index (χ4v) is 3.32. The highest BCUT2D eigenvalue weighted by Gasteiger charge is 2.14. The van der Waals surface area contributed by atoms with E-state index in [4.69, 9.17) is 0 Å². The third kappa shape index (κ3) is 4.19. The molecule has 4 aliphatic carbocycles. The molecule has 4 aliphatic rings. The first-order valence-electron chi connectivity index (χ1n) is 8.56. The van der Waals surface area contributed by atoms with E-state index in [-0.39, 0.29) is 4.92 Å². The standard InChI is InChI=1S/C20H23NO2/c22-21(23)20-15-18-7-2-1-5-16-9-11-17(12-10-16)6-3-4-8-19(20)14-13-18/h9-15H,1-8H2. The molecule has 2 aromatic carbocycles. The van der Waals surface area contributed by atoms with Crippen molar-refractivity contribution in [3.63, 3.8) is 0 Å². The Morgan fingerprint density at radius 3 is 1.74 bits per heavy atom. The number of nitrogens with zero attached hydrogens (tertiary/aromatic N) is 1. The van der Waals surface area contributed by atoms with Gasteiger partial charge in [0.25, 0.3) is 5.69 Å². The third-order valence-electron chi connectivity index (χ3n) is 4.71. The highest BCUT2D eigenvalue weighted by molar-refractivity contribution is 5.43. The molecule has 6 rings (SSSR count). The molecule has 0 fully saturated rings. The number of rotatable bonds is 1. The van der Waals surface area contributed by atoms with Crippen molar-refractivity contribution in [2.45, 2.75) is 51.4 Å². The molecule has 0 unspecified atom stereocenters. The number of hydrogen-bond donors (Lipinski definition) is 0. The van der Waals surface area contributed by atoms with E-state index in [1.54, 1.807) is 6.07 Å². The predicted octanol–water partition coefficient (Wildman–Crippen LogP) is 5.04. The van der Waals surface area contributed by atoms with Crippen molar-refractivity contribution in [3.05, 3.63) is 74.8 Å². The largest absolute Gasteiger partial charge is 0.272 e. The SMILES string of the molecule is O=[N+]([O-])c1cc2ccc1CCCCc1ccc(cc1)CCCC2. The van der Waals surface area contributed by atoms with E-state index in [1.807, 2.05) is 6.07 Å². The third-order valence-corrected chi connectivity index (χ3v) is 4.71. The van der Waals surface area contributed by atoms with Crippen molar-refractivity contribution < 1.29 is 4.92 Å². The summed E-state index contributed by atoms with van der Waals surface area (Å²) >= 11 is 0. The molecule has 0 saturated heterocycles. The highest BCUT2D eigenvalue weighted by atomic mass is 16.6. The Bertz CT molecular complexity index is 677. The Morgan fingerprint density at radius 1 is 0.696 bits per heavy atom. The van der Waals surface area contributed by atoms with Gasteiger partial charge in [-0.1, -0.05) is 36.4 Å². The van der Waals surface area contributed by atoms with Crippen LogP contribution in [-0.2, 0) is 25.7 Å². The zero-order valence-electron chi connectivity index (χ0n) is 13.5. The van der Waals surface area contributed by atoms with Gasteiger partial charge in [-0.2, -0.15) is 0 Å². The van der Waals surface area contributed by atoms with E-state index >= 15 is 0 Å². The van der Waals surface area contributed by atoms with Gasteiger partial charge in [-0.3, -0.25) is 10.1 Å². The summed E-state index contributed by atoms with van der Waals surface area (Å²) in [5, 5.41) is 11.3. The van der Waals surface area contributed by atoms with Crippen LogP contribution in [-0.4, -0.2) is 4.92 Å². The van der Waals surface area contributed by atoms with Gasteiger partial charge in [-0.05, 0) is 68.1 Å². The number of nitro groups is 1. The summed E-state index contributed by atoms with van der Waals surface area (Å²) in [7, 11) is 0. The lowest BCUT2D eigenvalue weighted by atomic mass is 9.97. The molecule has 120 valence electrons. The molecule has 2 aromatic rings. The van der Waals surface area contributed by atoms with Crippen LogP contribution in [0.25, 0.3) is 0 Å². The van der Waals surface area contributed by atoms with Gasteiger partial charge in [-0.15, -0.1) is 0 Å². The minimum absolute atomic E-state index is 0.222. The van der Waals surface area contributed by atoms with E-state index in [2.05, 4.69) is 30.3 Å². The van der Waals surface area contributed by atoms with E-state index in [1.165, 1.54) is 11.1 Å². The quantitative estimate of drug-likeness (QED) is 0.547. The molecule has 0 heterocycles. The van der Waals surface area contributed by atoms with Gasteiger partial charge >= 0.3 is 0 Å². The lowest BCUT2D eigenvalue weighted by Crippen LogP contribution is -1.99. The van der Waals surface area contributed by atoms with Crippen LogP contribution in [0.3, 0.4) is 0 Å². The minimum atomic E-state index is -0.222. The van der Waals surface area contributed by atoms with E-state index in [9.17, 15) is 10.1 Å². The van der Waals surface area contributed by atoms with Crippen molar-refractivity contribution >= 4 is 5.69 Å². The van der Waals surface area contributed by atoms with Crippen molar-refractivity contribution in [2.75, 3.05) is 0 Å². The Labute approximate surface area is 137 Å². The summed E-state index contributed by atoms with van der Waals surface area (Å²) in [6, 6.07) is 14.8. The zero-order valence-corrected chi connectivity index (χ0v) is 13.5. The second-order valence-corrected chi connectivity index (χ2v) is 6.45. The van der Waals surface area contributed by atoms with Gasteiger partial charge in [0, 0.05) is 11.6 Å². The number of benzene rings is 2. The second-order valence-electron chi connectivity index (χ2n) is 6.45. The van der Waals surface area contributed by atoms with Gasteiger partial charge in [0.1, 0.15) is 0 Å². The maximum atomic E-state index is 11.3. The van der Waals surface area contributed by atoms with Crippen LogP contribution in [0.1, 0.15) is 47.9 Å². The summed E-state index contributed by atoms with van der Waals surface area (Å²) in [5.74, 6) is 0. The molecule has 4 bridgehead atoms. The highest BCUT2D eigenvalue weighted by Crippen LogP contribution is 2.24. The second kappa shape index (κ2) is 7.40. The normalized spacial score (nSPS) is 15.7. The summed E-state index contributed by atoms with van der Waals surface area (Å²) < 4.78 is 0. The van der Waals surface area contributed by atoms with Gasteiger partial charge in [0.2, 0.25) is 0 Å². The maximum absolute atomic E-state index is 11.3. The van der Waals surface area contributed by atoms with Gasteiger partial charge in [-0.25, -0.2) is 0 Å². The molecule has 0 saturated carbocycles. The summed E-state index contributed by atoms with van der Waals surface area (Å²) in [4.78, 5) is 11.1. The molecule has 0 aliphatic heterocycles. The number of aryl methyl sites for hydroxylation is 4. The summed E-state index contributed by atoms with van der Waals surface area (Å²) in [6.07, 6.45) is 8.08. The number of hydrogen-bond acceptors (Lipinski definition) is 2. The van der Waals surface area contributed by atoms with Gasteiger partial charge in [0.15, 0.2) is 0 Å². The van der Waals surface area contributed by atoms with Crippen LogP contribution in [0.4, 0.5) is 5.69 Å². The molecule has 0 aromatic heterocycles. The van der Waals surface area contributed by atoms with E-state index in [0.717, 1.165) is 62.5 Å². The molecule has 3 nitrogen and oxygen atoms in total. The molecule has 0 spiro atoms. The monoisotopic (exact) mass is 309 g/mol. The van der Waals surface area contributed by atoms with Crippen LogP contribution >= 0.6 is 0 Å². The fourth-order valence-electron chi connectivity index (χ4n) is 3.32. The molecule has 0 amide bonds. The average molecular weight is 309 g/mol. The topological polar surface area (TPSA) is 43.1 Å². The van der Waals surface area contributed by atoms with Crippen LogP contribution < -0.4 is 0 Å². The zero-order chi connectivity index (χ0) is 16.1. The maximum Gasteiger partial charge on any atom is 0.272 e. The Kier molecular flexibility index (Phi) is 5.06. The molecule has 3 heteroatoms. The molecule has 0 N–H and O–H groups in total. The van der Waals surface area contributed by atoms with Crippen molar-refractivity contribution in [1.82, 2.24) is 0 Å².